The van der Waals surface area contributed by atoms with Crippen molar-refractivity contribution in [1.82, 2.24) is 9.97 Å². The van der Waals surface area contributed by atoms with E-state index in [0.717, 1.165) is 17.5 Å². The standard InChI is InChI=1S/C10H9N3O/c11-10-12-5-9(13-10)8-3-1-2-7(4-8)6-14/h1-6H,(H3,11,12,13). The summed E-state index contributed by atoms with van der Waals surface area (Å²) in [7, 11) is 0. The molecule has 2 rings (SSSR count). The van der Waals surface area contributed by atoms with E-state index in [1.807, 2.05) is 12.1 Å². The number of carbonyl (C=O) groups is 1. The second-order valence-electron chi connectivity index (χ2n) is 2.91. The zero-order chi connectivity index (χ0) is 9.97. The van der Waals surface area contributed by atoms with Gasteiger partial charge in [-0.05, 0) is 6.07 Å². The van der Waals surface area contributed by atoms with E-state index in [1.54, 1.807) is 18.3 Å². The molecule has 1 aromatic carbocycles. The molecule has 2 aromatic rings. The number of H-pyrrole nitrogens is 1. The first-order valence-electron chi connectivity index (χ1n) is 4.16. The molecule has 0 fully saturated rings. The van der Waals surface area contributed by atoms with Gasteiger partial charge >= 0.3 is 0 Å². The van der Waals surface area contributed by atoms with Crippen LogP contribution in [0.15, 0.2) is 30.5 Å². The molecule has 0 bridgehead atoms. The highest BCUT2D eigenvalue weighted by molar-refractivity contribution is 5.78. The number of hydrogen-bond donors (Lipinski definition) is 2. The van der Waals surface area contributed by atoms with Gasteiger partial charge in [0.05, 0.1) is 5.69 Å². The Morgan fingerprint density at radius 3 is 2.93 bits per heavy atom. The van der Waals surface area contributed by atoms with Crippen LogP contribution in [0.5, 0.6) is 0 Å². The van der Waals surface area contributed by atoms with Crippen LogP contribution in [0.1, 0.15) is 10.4 Å². The van der Waals surface area contributed by atoms with Gasteiger partial charge in [0.1, 0.15) is 6.29 Å². The monoisotopic (exact) mass is 187 g/mol. The smallest absolute Gasteiger partial charge is 0.198 e. The number of aromatic amines is 1. The van der Waals surface area contributed by atoms with E-state index in [4.69, 9.17) is 5.73 Å². The molecule has 1 heterocycles. The molecule has 0 unspecified atom stereocenters. The first-order chi connectivity index (χ1) is 6.79. The molecule has 0 atom stereocenters. The SMILES string of the molecule is Nc1nc(-c2cccc(C=O)c2)c[nH]1. The van der Waals surface area contributed by atoms with E-state index in [2.05, 4.69) is 9.97 Å². The summed E-state index contributed by atoms with van der Waals surface area (Å²) in [5.74, 6) is 0.372. The minimum Gasteiger partial charge on any atom is -0.369 e. The summed E-state index contributed by atoms with van der Waals surface area (Å²) in [6, 6.07) is 7.20. The molecule has 0 radical (unpaired) electrons. The fourth-order valence-electron chi connectivity index (χ4n) is 1.26. The third-order valence-electron chi connectivity index (χ3n) is 1.92. The molecular formula is C10H9N3O. The van der Waals surface area contributed by atoms with Crippen LogP contribution in [0.2, 0.25) is 0 Å². The van der Waals surface area contributed by atoms with Crippen LogP contribution < -0.4 is 5.73 Å². The highest BCUT2D eigenvalue weighted by atomic mass is 16.1. The maximum absolute atomic E-state index is 10.5. The van der Waals surface area contributed by atoms with Crippen molar-refractivity contribution in [2.75, 3.05) is 5.73 Å². The van der Waals surface area contributed by atoms with Crippen molar-refractivity contribution in [3.63, 3.8) is 0 Å². The Bertz CT molecular complexity index is 462. The molecule has 14 heavy (non-hydrogen) atoms. The molecular weight excluding hydrogens is 178 g/mol. The predicted octanol–water partition coefficient (Wildman–Crippen LogP) is 1.47. The molecule has 0 saturated heterocycles. The van der Waals surface area contributed by atoms with Crippen molar-refractivity contribution < 1.29 is 4.79 Å². The van der Waals surface area contributed by atoms with E-state index >= 15 is 0 Å². The van der Waals surface area contributed by atoms with Gasteiger partial charge in [-0.1, -0.05) is 18.2 Å². The van der Waals surface area contributed by atoms with Gasteiger partial charge in [0.2, 0.25) is 0 Å². The maximum Gasteiger partial charge on any atom is 0.198 e. The van der Waals surface area contributed by atoms with E-state index in [-0.39, 0.29) is 0 Å². The van der Waals surface area contributed by atoms with Crippen molar-refractivity contribution in [3.05, 3.63) is 36.0 Å². The average Bonchev–Trinajstić information content (AvgIpc) is 2.65. The number of anilines is 1. The van der Waals surface area contributed by atoms with Crippen molar-refractivity contribution in [3.8, 4) is 11.3 Å². The Balaban J connectivity index is 2.46. The topological polar surface area (TPSA) is 71.8 Å². The van der Waals surface area contributed by atoms with E-state index in [0.29, 0.717) is 11.5 Å². The summed E-state index contributed by atoms with van der Waals surface area (Å²) >= 11 is 0. The number of nitrogens with zero attached hydrogens (tertiary/aromatic N) is 1. The van der Waals surface area contributed by atoms with Gasteiger partial charge in [-0.2, -0.15) is 0 Å². The first-order valence-corrected chi connectivity index (χ1v) is 4.16. The van der Waals surface area contributed by atoms with Crippen LogP contribution in [-0.4, -0.2) is 16.3 Å². The van der Waals surface area contributed by atoms with Gasteiger partial charge in [0.25, 0.3) is 0 Å². The second kappa shape index (κ2) is 3.33. The summed E-state index contributed by atoms with van der Waals surface area (Å²) in [6.45, 7) is 0. The van der Waals surface area contributed by atoms with Crippen molar-refractivity contribution in [2.45, 2.75) is 0 Å². The van der Waals surface area contributed by atoms with Crippen LogP contribution in [0.25, 0.3) is 11.3 Å². The fourth-order valence-corrected chi connectivity index (χ4v) is 1.26. The summed E-state index contributed by atoms with van der Waals surface area (Å²) in [4.78, 5) is 17.4. The number of nitrogen functional groups attached to an aromatic ring is 1. The normalized spacial score (nSPS) is 10.0. The van der Waals surface area contributed by atoms with Crippen LogP contribution >= 0.6 is 0 Å². The van der Waals surface area contributed by atoms with Crippen LogP contribution in [0.3, 0.4) is 0 Å². The number of imidazole rings is 1. The highest BCUT2D eigenvalue weighted by Crippen LogP contribution is 2.18. The Kier molecular flexibility index (Phi) is 2.02. The lowest BCUT2D eigenvalue weighted by Crippen LogP contribution is -1.86. The average molecular weight is 187 g/mol. The lowest BCUT2D eigenvalue weighted by Gasteiger charge is -1.96. The first kappa shape index (κ1) is 8.50. The third-order valence-corrected chi connectivity index (χ3v) is 1.92. The molecule has 3 N–H and O–H groups in total. The molecule has 0 aliphatic rings. The molecule has 0 aliphatic heterocycles. The molecule has 4 nitrogen and oxygen atoms in total. The zero-order valence-electron chi connectivity index (χ0n) is 7.40. The number of aromatic nitrogens is 2. The molecule has 70 valence electrons. The Morgan fingerprint density at radius 1 is 1.43 bits per heavy atom. The number of benzene rings is 1. The number of aldehydes is 1. The van der Waals surface area contributed by atoms with Crippen molar-refractivity contribution in [1.29, 1.82) is 0 Å². The van der Waals surface area contributed by atoms with Gasteiger partial charge in [-0.25, -0.2) is 4.98 Å². The van der Waals surface area contributed by atoms with Crippen LogP contribution in [0, 0.1) is 0 Å². The Hall–Kier alpha value is -2.10. The number of hydrogen-bond acceptors (Lipinski definition) is 3. The quantitative estimate of drug-likeness (QED) is 0.699. The Morgan fingerprint density at radius 2 is 2.29 bits per heavy atom. The van der Waals surface area contributed by atoms with Gasteiger partial charge < -0.3 is 10.7 Å². The largest absolute Gasteiger partial charge is 0.369 e. The van der Waals surface area contributed by atoms with Crippen LogP contribution in [0.4, 0.5) is 5.95 Å². The summed E-state index contributed by atoms with van der Waals surface area (Å²) in [6.07, 6.45) is 2.51. The van der Waals surface area contributed by atoms with E-state index in [1.165, 1.54) is 0 Å². The van der Waals surface area contributed by atoms with E-state index < -0.39 is 0 Å². The summed E-state index contributed by atoms with van der Waals surface area (Å²) in [5, 5.41) is 0. The minimum atomic E-state index is 0.372. The maximum atomic E-state index is 10.5. The van der Waals surface area contributed by atoms with Gasteiger partial charge in [0.15, 0.2) is 5.95 Å². The number of rotatable bonds is 2. The summed E-state index contributed by atoms with van der Waals surface area (Å²) < 4.78 is 0. The molecule has 4 heteroatoms. The number of nitrogens with two attached hydrogens (primary N) is 1. The number of nitrogens with one attached hydrogen (secondary N) is 1. The van der Waals surface area contributed by atoms with E-state index in [9.17, 15) is 4.79 Å². The van der Waals surface area contributed by atoms with Gasteiger partial charge in [0, 0.05) is 17.3 Å². The zero-order valence-corrected chi connectivity index (χ0v) is 7.40. The third kappa shape index (κ3) is 1.50. The minimum absolute atomic E-state index is 0.372. The lowest BCUT2D eigenvalue weighted by molar-refractivity contribution is 0.112. The molecule has 1 aromatic heterocycles. The molecule has 0 saturated carbocycles. The van der Waals surface area contributed by atoms with Gasteiger partial charge in [-0.15, -0.1) is 0 Å². The lowest BCUT2D eigenvalue weighted by atomic mass is 10.1. The summed E-state index contributed by atoms with van der Waals surface area (Å²) in [5.41, 5.74) is 7.70. The Labute approximate surface area is 80.8 Å². The molecule has 0 amide bonds. The van der Waals surface area contributed by atoms with Crippen molar-refractivity contribution >= 4 is 12.2 Å². The highest BCUT2D eigenvalue weighted by Gasteiger charge is 2.01. The van der Waals surface area contributed by atoms with Gasteiger partial charge in [-0.3, -0.25) is 4.79 Å². The van der Waals surface area contributed by atoms with Crippen LogP contribution in [-0.2, 0) is 0 Å². The number of carbonyl (C=O) groups excluding carboxylic acids is 1. The van der Waals surface area contributed by atoms with Crippen molar-refractivity contribution in [2.24, 2.45) is 0 Å². The second-order valence-corrected chi connectivity index (χ2v) is 2.91. The molecule has 0 aliphatic carbocycles. The molecule has 0 spiro atoms. The fraction of sp³-hybridized carbons (Fsp3) is 0. The predicted molar refractivity (Wildman–Crippen MR) is 53.8 cm³/mol.